The van der Waals surface area contributed by atoms with Gasteiger partial charge in [0.15, 0.2) is 5.71 Å². The van der Waals surface area contributed by atoms with Crippen molar-refractivity contribution in [1.82, 2.24) is 4.90 Å². The number of anilines is 1. The number of nitrogen functional groups attached to an aromatic ring is 1. The number of benzene rings is 1. The number of likely N-dealkylation sites (tertiary alicyclic amines) is 1. The van der Waals surface area contributed by atoms with Crippen LogP contribution in [-0.4, -0.2) is 48.3 Å². The van der Waals surface area contributed by atoms with Gasteiger partial charge >= 0.3 is 0 Å². The molecule has 1 amide bonds. The fourth-order valence-electron chi connectivity index (χ4n) is 1.99. The van der Waals surface area contributed by atoms with Crippen LogP contribution in [0.2, 0.25) is 0 Å². The van der Waals surface area contributed by atoms with Crippen LogP contribution < -0.4 is 5.73 Å². The number of rotatable bonds is 1. The first-order valence-corrected chi connectivity index (χ1v) is 5.75. The number of carbonyl (C=O) groups excluding carboxylic acids is 1. The Kier molecular flexibility index (Phi) is 3.13. The van der Waals surface area contributed by atoms with Gasteiger partial charge in [0.2, 0.25) is 0 Å². The second-order valence-corrected chi connectivity index (χ2v) is 4.56. The van der Waals surface area contributed by atoms with Crippen molar-refractivity contribution < 1.29 is 9.37 Å². The summed E-state index contributed by atoms with van der Waals surface area (Å²) in [4.78, 5) is 14.1. The zero-order valence-corrected chi connectivity index (χ0v) is 10.3. The van der Waals surface area contributed by atoms with E-state index in [1.54, 1.807) is 24.3 Å². The van der Waals surface area contributed by atoms with Gasteiger partial charge in [-0.2, -0.15) is 0 Å². The average molecular weight is 232 g/mol. The maximum atomic E-state index is 12.2. The monoisotopic (exact) mass is 232 g/mol. The van der Waals surface area contributed by atoms with Crippen molar-refractivity contribution in [3.63, 3.8) is 0 Å². The molecule has 0 spiro atoms. The second kappa shape index (κ2) is 4.57. The molecule has 1 aromatic carbocycles. The molecule has 0 aromatic heterocycles. The van der Waals surface area contributed by atoms with Crippen molar-refractivity contribution in [1.29, 1.82) is 0 Å². The SMILES string of the molecule is C[N+](C)=C1CCN(C(=O)c2ccc(N)cc2)C1. The van der Waals surface area contributed by atoms with Crippen molar-refractivity contribution in [2.75, 3.05) is 32.9 Å². The molecule has 17 heavy (non-hydrogen) atoms. The average Bonchev–Trinajstić information content (AvgIpc) is 2.78. The lowest BCUT2D eigenvalue weighted by Crippen LogP contribution is -2.29. The van der Waals surface area contributed by atoms with Gasteiger partial charge in [-0.25, -0.2) is 4.58 Å². The first kappa shape index (κ1) is 11.6. The largest absolute Gasteiger partial charge is 0.399 e. The van der Waals surface area contributed by atoms with E-state index in [4.69, 9.17) is 5.73 Å². The number of nitrogens with zero attached hydrogens (tertiary/aromatic N) is 2. The highest BCUT2D eigenvalue weighted by atomic mass is 16.2. The molecule has 90 valence electrons. The van der Waals surface area contributed by atoms with Crippen LogP contribution >= 0.6 is 0 Å². The molecule has 2 N–H and O–H groups in total. The Morgan fingerprint density at radius 1 is 1.29 bits per heavy atom. The molecule has 0 saturated carbocycles. The predicted molar refractivity (Wildman–Crippen MR) is 68.5 cm³/mol. The van der Waals surface area contributed by atoms with Crippen LogP contribution in [0.25, 0.3) is 0 Å². The predicted octanol–water partition coefficient (Wildman–Crippen LogP) is 0.828. The van der Waals surface area contributed by atoms with Crippen LogP contribution in [0.5, 0.6) is 0 Å². The Bertz CT molecular complexity index is 458. The van der Waals surface area contributed by atoms with E-state index in [1.165, 1.54) is 5.71 Å². The molecule has 4 nitrogen and oxygen atoms in total. The molecule has 0 radical (unpaired) electrons. The molecule has 0 aliphatic carbocycles. The van der Waals surface area contributed by atoms with Crippen molar-refractivity contribution in [3.05, 3.63) is 29.8 Å². The lowest BCUT2D eigenvalue weighted by molar-refractivity contribution is -0.466. The van der Waals surface area contributed by atoms with Gasteiger partial charge in [0.05, 0.1) is 0 Å². The summed E-state index contributed by atoms with van der Waals surface area (Å²) in [6, 6.07) is 7.09. The summed E-state index contributed by atoms with van der Waals surface area (Å²) >= 11 is 0. The van der Waals surface area contributed by atoms with Gasteiger partial charge in [-0.1, -0.05) is 0 Å². The van der Waals surface area contributed by atoms with E-state index < -0.39 is 0 Å². The lowest BCUT2D eigenvalue weighted by Gasteiger charge is -2.13. The van der Waals surface area contributed by atoms with Gasteiger partial charge in [0.1, 0.15) is 20.6 Å². The Morgan fingerprint density at radius 2 is 1.94 bits per heavy atom. The van der Waals surface area contributed by atoms with E-state index in [9.17, 15) is 4.79 Å². The van der Waals surface area contributed by atoms with E-state index in [0.717, 1.165) is 19.5 Å². The van der Waals surface area contributed by atoms with Crippen LogP contribution in [0, 0.1) is 0 Å². The van der Waals surface area contributed by atoms with E-state index in [-0.39, 0.29) is 5.91 Å². The van der Waals surface area contributed by atoms with Gasteiger partial charge in [-0.3, -0.25) is 4.79 Å². The minimum atomic E-state index is 0.0850. The van der Waals surface area contributed by atoms with Crippen LogP contribution in [0.4, 0.5) is 5.69 Å². The topological polar surface area (TPSA) is 49.3 Å². The first-order valence-electron chi connectivity index (χ1n) is 5.75. The second-order valence-electron chi connectivity index (χ2n) is 4.56. The van der Waals surface area contributed by atoms with Gasteiger partial charge < -0.3 is 10.6 Å². The van der Waals surface area contributed by atoms with Crippen molar-refractivity contribution in [3.8, 4) is 0 Å². The fraction of sp³-hybridized carbons (Fsp3) is 0.385. The molecule has 0 atom stereocenters. The van der Waals surface area contributed by atoms with E-state index in [2.05, 4.69) is 4.58 Å². The summed E-state index contributed by atoms with van der Waals surface area (Å²) in [6.45, 7) is 1.53. The standard InChI is InChI=1S/C13H17N3O/c1-15(2)12-7-8-16(9-12)13(17)10-3-5-11(14)6-4-10/h3-6H,7-9H2,1-2H3,(H-,14,17)/p+1. The molecule has 1 aliphatic rings. The van der Waals surface area contributed by atoms with Crippen molar-refractivity contribution in [2.24, 2.45) is 0 Å². The molecule has 1 aromatic rings. The highest BCUT2D eigenvalue weighted by Gasteiger charge is 2.27. The summed E-state index contributed by atoms with van der Waals surface area (Å²) in [5.74, 6) is 0.0850. The summed E-state index contributed by atoms with van der Waals surface area (Å²) in [7, 11) is 4.04. The Balaban J connectivity index is 2.12. The molecular formula is C13H18N3O+. The molecule has 0 bridgehead atoms. The molecule has 0 unspecified atom stereocenters. The minimum absolute atomic E-state index is 0.0850. The number of hydrogen-bond donors (Lipinski definition) is 1. The number of nitrogens with two attached hydrogens (primary N) is 1. The number of carbonyl (C=O) groups is 1. The number of amides is 1. The van der Waals surface area contributed by atoms with E-state index in [1.807, 2.05) is 19.0 Å². The van der Waals surface area contributed by atoms with Crippen LogP contribution in [-0.2, 0) is 0 Å². The van der Waals surface area contributed by atoms with Crippen molar-refractivity contribution in [2.45, 2.75) is 6.42 Å². The molecular weight excluding hydrogens is 214 g/mol. The number of hydrogen-bond acceptors (Lipinski definition) is 2. The zero-order chi connectivity index (χ0) is 12.4. The van der Waals surface area contributed by atoms with Crippen LogP contribution in [0.1, 0.15) is 16.8 Å². The highest BCUT2D eigenvalue weighted by Crippen LogP contribution is 2.13. The third kappa shape index (κ3) is 2.46. The third-order valence-corrected chi connectivity index (χ3v) is 3.12. The van der Waals surface area contributed by atoms with Crippen molar-refractivity contribution >= 4 is 17.3 Å². The molecule has 4 heteroatoms. The minimum Gasteiger partial charge on any atom is -0.399 e. The molecule has 2 rings (SSSR count). The lowest BCUT2D eigenvalue weighted by atomic mass is 10.2. The van der Waals surface area contributed by atoms with Gasteiger partial charge in [0, 0.05) is 24.2 Å². The van der Waals surface area contributed by atoms with Gasteiger partial charge in [-0.15, -0.1) is 0 Å². The summed E-state index contributed by atoms with van der Waals surface area (Å²) in [6.07, 6.45) is 0.966. The Labute approximate surface area is 101 Å². The van der Waals surface area contributed by atoms with Gasteiger partial charge in [-0.05, 0) is 24.3 Å². The maximum absolute atomic E-state index is 12.2. The Hall–Kier alpha value is -1.84. The third-order valence-electron chi connectivity index (χ3n) is 3.12. The summed E-state index contributed by atoms with van der Waals surface area (Å²) < 4.78 is 2.09. The maximum Gasteiger partial charge on any atom is 0.254 e. The molecule has 1 saturated heterocycles. The molecule has 1 fully saturated rings. The Morgan fingerprint density at radius 3 is 2.47 bits per heavy atom. The van der Waals surface area contributed by atoms with Gasteiger partial charge in [0.25, 0.3) is 5.91 Å². The smallest absolute Gasteiger partial charge is 0.254 e. The highest BCUT2D eigenvalue weighted by molar-refractivity contribution is 5.99. The summed E-state index contributed by atoms with van der Waals surface area (Å²) in [5, 5.41) is 0. The van der Waals surface area contributed by atoms with Crippen LogP contribution in [0.3, 0.4) is 0 Å². The zero-order valence-electron chi connectivity index (χ0n) is 10.3. The first-order chi connectivity index (χ1) is 8.08. The summed E-state index contributed by atoms with van der Waals surface area (Å²) in [5.41, 5.74) is 8.30. The van der Waals surface area contributed by atoms with E-state index >= 15 is 0 Å². The fourth-order valence-corrected chi connectivity index (χ4v) is 1.99. The quantitative estimate of drug-likeness (QED) is 0.576. The van der Waals surface area contributed by atoms with Crippen LogP contribution in [0.15, 0.2) is 24.3 Å². The molecule has 1 heterocycles. The van der Waals surface area contributed by atoms with E-state index in [0.29, 0.717) is 11.3 Å². The molecule has 1 aliphatic heterocycles. The normalized spacial score (nSPS) is 15.2.